The number of amides is 1. The van der Waals surface area contributed by atoms with Gasteiger partial charge in [-0.05, 0) is 54.7 Å². The molecule has 2 aromatic heterocycles. The second-order valence-electron chi connectivity index (χ2n) is 7.00. The van der Waals surface area contributed by atoms with E-state index in [0.29, 0.717) is 20.9 Å². The number of nitrogens with one attached hydrogen (secondary N) is 2. The van der Waals surface area contributed by atoms with Gasteiger partial charge in [0.05, 0.1) is 34.9 Å². The van der Waals surface area contributed by atoms with Crippen LogP contribution in [0.1, 0.15) is 22.7 Å². The summed E-state index contributed by atoms with van der Waals surface area (Å²) in [5.41, 5.74) is 2.19. The van der Waals surface area contributed by atoms with Crippen molar-refractivity contribution in [2.24, 2.45) is 0 Å². The van der Waals surface area contributed by atoms with E-state index in [1.165, 1.54) is 18.4 Å². The van der Waals surface area contributed by atoms with Gasteiger partial charge in [-0.3, -0.25) is 9.78 Å². The maximum atomic E-state index is 12.1. The average molecular weight is 489 g/mol. The van der Waals surface area contributed by atoms with Crippen LogP contribution >= 0.6 is 35.2 Å². The number of carbonyl (C=O) groups is 1. The fraction of sp³-hybridized carbons (Fsp3) is 0.227. The lowest BCUT2D eigenvalue weighted by molar-refractivity contribution is -0.119. The Bertz CT molecular complexity index is 1130. The zero-order valence-electron chi connectivity index (χ0n) is 17.4. The molecule has 1 aromatic carbocycles. The van der Waals surface area contributed by atoms with Crippen molar-refractivity contribution in [2.75, 3.05) is 31.0 Å². The zero-order chi connectivity index (χ0) is 22.7. The van der Waals surface area contributed by atoms with Gasteiger partial charge in [0.25, 0.3) is 0 Å². The number of benzene rings is 1. The van der Waals surface area contributed by atoms with Crippen LogP contribution in [-0.2, 0) is 9.53 Å². The SMILES string of the molecule is COCC(=O)Nc1cc(N2C(=S)N[C@H](c3ccccn3)[C@H]2c2ccc(Cl)s2)ccc1OC. The molecule has 0 radical (unpaired) electrons. The summed E-state index contributed by atoms with van der Waals surface area (Å²) in [4.78, 5) is 19.7. The normalized spacial score (nSPS) is 17.8. The lowest BCUT2D eigenvalue weighted by Gasteiger charge is -2.27. The molecule has 2 N–H and O–H groups in total. The van der Waals surface area contributed by atoms with Crippen LogP contribution in [0.5, 0.6) is 5.75 Å². The van der Waals surface area contributed by atoms with Crippen LogP contribution in [0.25, 0.3) is 0 Å². The van der Waals surface area contributed by atoms with E-state index < -0.39 is 0 Å². The minimum absolute atomic E-state index is 0.0604. The highest BCUT2D eigenvalue weighted by Gasteiger charge is 2.41. The molecule has 3 heterocycles. The highest BCUT2D eigenvalue weighted by atomic mass is 35.5. The molecule has 0 saturated carbocycles. The van der Waals surface area contributed by atoms with E-state index in [9.17, 15) is 4.79 Å². The number of aromatic nitrogens is 1. The van der Waals surface area contributed by atoms with Gasteiger partial charge >= 0.3 is 0 Å². The molecule has 0 unspecified atom stereocenters. The number of carbonyl (C=O) groups excluding carboxylic acids is 1. The Morgan fingerprint density at radius 1 is 1.28 bits per heavy atom. The molecule has 4 rings (SSSR count). The monoisotopic (exact) mass is 488 g/mol. The number of ether oxygens (including phenoxy) is 2. The summed E-state index contributed by atoms with van der Waals surface area (Å²) in [5.74, 6) is 0.256. The van der Waals surface area contributed by atoms with Gasteiger partial charge in [-0.2, -0.15) is 0 Å². The van der Waals surface area contributed by atoms with Crippen molar-refractivity contribution in [3.05, 3.63) is 69.6 Å². The molecule has 7 nitrogen and oxygen atoms in total. The molecule has 1 fully saturated rings. The van der Waals surface area contributed by atoms with Crippen LogP contribution in [0.4, 0.5) is 11.4 Å². The molecular formula is C22H21ClN4O3S2. The van der Waals surface area contributed by atoms with E-state index in [1.54, 1.807) is 19.4 Å². The number of methoxy groups -OCH3 is 2. The first-order valence-electron chi connectivity index (χ1n) is 9.74. The van der Waals surface area contributed by atoms with Gasteiger partial charge in [0.1, 0.15) is 12.4 Å². The Morgan fingerprint density at radius 3 is 2.78 bits per heavy atom. The third-order valence-electron chi connectivity index (χ3n) is 4.99. The molecule has 32 heavy (non-hydrogen) atoms. The van der Waals surface area contributed by atoms with Crippen molar-refractivity contribution in [2.45, 2.75) is 12.1 Å². The Hall–Kier alpha value is -2.72. The Kier molecular flexibility index (Phi) is 6.90. The van der Waals surface area contributed by atoms with Gasteiger partial charge in [-0.1, -0.05) is 17.7 Å². The number of anilines is 2. The first-order valence-corrected chi connectivity index (χ1v) is 11.3. The summed E-state index contributed by atoms with van der Waals surface area (Å²) in [6.07, 6.45) is 1.76. The third-order valence-corrected chi connectivity index (χ3v) is 6.61. The smallest absolute Gasteiger partial charge is 0.250 e. The van der Waals surface area contributed by atoms with Crippen molar-refractivity contribution < 1.29 is 14.3 Å². The van der Waals surface area contributed by atoms with Crippen molar-refractivity contribution in [1.82, 2.24) is 10.3 Å². The van der Waals surface area contributed by atoms with Crippen molar-refractivity contribution in [3.63, 3.8) is 0 Å². The standard InChI is InChI=1S/C22H21ClN4O3S2/c1-29-12-19(28)25-15-11-13(6-7-16(15)30-2)27-21(17-8-9-18(23)32-17)20(26-22(27)31)14-5-3-4-10-24-14/h3-11,20-21H,12H2,1-2H3,(H,25,28)(H,26,31)/t20-,21-/m1/s1. The van der Waals surface area contributed by atoms with Crippen LogP contribution in [-0.4, -0.2) is 36.8 Å². The second-order valence-corrected chi connectivity index (χ2v) is 9.14. The summed E-state index contributed by atoms with van der Waals surface area (Å²) in [7, 11) is 3.02. The second kappa shape index (κ2) is 9.83. The number of pyridine rings is 1. The molecule has 1 aliphatic rings. The molecule has 2 atom stereocenters. The number of halogens is 1. The van der Waals surface area contributed by atoms with Gasteiger partial charge in [0, 0.05) is 23.9 Å². The van der Waals surface area contributed by atoms with Gasteiger partial charge < -0.3 is 25.0 Å². The Morgan fingerprint density at radius 2 is 2.12 bits per heavy atom. The number of hydrogen-bond acceptors (Lipinski definition) is 6. The highest BCUT2D eigenvalue weighted by molar-refractivity contribution is 7.80. The van der Waals surface area contributed by atoms with Crippen LogP contribution < -0.4 is 20.3 Å². The minimum atomic E-state index is -0.280. The summed E-state index contributed by atoms with van der Waals surface area (Å²) in [5, 5.41) is 6.79. The van der Waals surface area contributed by atoms with E-state index in [-0.39, 0.29) is 24.6 Å². The summed E-state index contributed by atoms with van der Waals surface area (Å²) in [6, 6.07) is 14.9. The van der Waals surface area contributed by atoms with Gasteiger partial charge in [-0.15, -0.1) is 11.3 Å². The molecule has 10 heteroatoms. The van der Waals surface area contributed by atoms with Crippen molar-refractivity contribution in [3.8, 4) is 5.75 Å². The van der Waals surface area contributed by atoms with Crippen LogP contribution in [0.15, 0.2) is 54.7 Å². The summed E-state index contributed by atoms with van der Waals surface area (Å²) in [6.45, 7) is -0.0604. The fourth-order valence-electron chi connectivity index (χ4n) is 3.67. The van der Waals surface area contributed by atoms with Gasteiger partial charge in [-0.25, -0.2) is 0 Å². The average Bonchev–Trinajstić information content (AvgIpc) is 3.37. The molecule has 1 aliphatic heterocycles. The highest BCUT2D eigenvalue weighted by Crippen LogP contribution is 2.45. The van der Waals surface area contributed by atoms with Gasteiger partial charge in [0.2, 0.25) is 5.91 Å². The van der Waals surface area contributed by atoms with Gasteiger partial charge in [0.15, 0.2) is 5.11 Å². The predicted molar refractivity (Wildman–Crippen MR) is 131 cm³/mol. The largest absolute Gasteiger partial charge is 0.495 e. The lowest BCUT2D eigenvalue weighted by atomic mass is 10.0. The van der Waals surface area contributed by atoms with Crippen LogP contribution in [0.3, 0.4) is 0 Å². The number of rotatable bonds is 7. The van der Waals surface area contributed by atoms with E-state index >= 15 is 0 Å². The molecular weight excluding hydrogens is 468 g/mol. The van der Waals surface area contributed by atoms with Crippen LogP contribution in [0.2, 0.25) is 4.34 Å². The molecule has 0 spiro atoms. The number of thiophene rings is 1. The first kappa shape index (κ1) is 22.5. The number of nitrogens with zero attached hydrogens (tertiary/aromatic N) is 2. The molecule has 1 saturated heterocycles. The maximum Gasteiger partial charge on any atom is 0.250 e. The first-order chi connectivity index (χ1) is 15.5. The summed E-state index contributed by atoms with van der Waals surface area (Å²) < 4.78 is 11.0. The molecule has 166 valence electrons. The lowest BCUT2D eigenvalue weighted by Crippen LogP contribution is -2.29. The van der Waals surface area contributed by atoms with Crippen molar-refractivity contribution in [1.29, 1.82) is 0 Å². The van der Waals surface area contributed by atoms with E-state index in [2.05, 4.69) is 15.6 Å². The van der Waals surface area contributed by atoms with Crippen molar-refractivity contribution >= 4 is 57.5 Å². The molecule has 0 bridgehead atoms. The molecule has 3 aromatic rings. The number of thiocarbonyl (C=S) groups is 1. The third kappa shape index (κ3) is 4.56. The number of hydrogen-bond donors (Lipinski definition) is 2. The maximum absolute atomic E-state index is 12.1. The van der Waals surface area contributed by atoms with E-state index in [4.69, 9.17) is 33.3 Å². The summed E-state index contributed by atoms with van der Waals surface area (Å²) >= 11 is 13.5. The Balaban J connectivity index is 1.77. The predicted octanol–water partition coefficient (Wildman–Crippen LogP) is 4.57. The topological polar surface area (TPSA) is 75.7 Å². The Labute approximate surface area is 200 Å². The van der Waals surface area contributed by atoms with E-state index in [0.717, 1.165) is 16.3 Å². The van der Waals surface area contributed by atoms with E-state index in [1.807, 2.05) is 47.4 Å². The fourth-order valence-corrected chi connectivity index (χ4v) is 5.21. The molecule has 1 amide bonds. The zero-order valence-corrected chi connectivity index (χ0v) is 19.8. The quantitative estimate of drug-likeness (QED) is 0.472. The van der Waals surface area contributed by atoms with Crippen LogP contribution in [0, 0.1) is 0 Å². The molecule has 0 aliphatic carbocycles. The minimum Gasteiger partial charge on any atom is -0.495 e.